The Morgan fingerprint density at radius 2 is 1.30 bits per heavy atom. The van der Waals surface area contributed by atoms with Crippen molar-refractivity contribution in [2.24, 2.45) is 0 Å². The van der Waals surface area contributed by atoms with Gasteiger partial charge in [-0.25, -0.2) is 0 Å². The summed E-state index contributed by atoms with van der Waals surface area (Å²) < 4.78 is 14.4. The van der Waals surface area contributed by atoms with Gasteiger partial charge in [-0.05, 0) is 6.92 Å². The summed E-state index contributed by atoms with van der Waals surface area (Å²) >= 11 is 0. The highest BCUT2D eigenvalue weighted by Gasteiger charge is 2.39. The van der Waals surface area contributed by atoms with Crippen molar-refractivity contribution in [2.45, 2.75) is 52.1 Å². The van der Waals surface area contributed by atoms with Crippen molar-refractivity contribution < 1.29 is 38.5 Å². The van der Waals surface area contributed by atoms with Crippen LogP contribution in [-0.2, 0) is 33.4 Å². The predicted octanol–water partition coefficient (Wildman–Crippen LogP) is -0.639. The molecule has 8 heteroatoms. The number of carbonyl (C=O) groups excluding carboxylic acids is 4. The van der Waals surface area contributed by atoms with E-state index < -0.39 is 42.3 Å². The Hall–Kier alpha value is -1.96. The van der Waals surface area contributed by atoms with Crippen LogP contribution in [0.2, 0.25) is 0 Å². The Bertz CT molecular complexity index is 376. The van der Waals surface area contributed by atoms with Crippen molar-refractivity contribution in [1.29, 1.82) is 0 Å². The number of aldehydes is 1. The average molecular weight is 290 g/mol. The van der Waals surface area contributed by atoms with E-state index in [1.54, 1.807) is 0 Å². The molecule has 0 spiro atoms. The average Bonchev–Trinajstić information content (AvgIpc) is 2.29. The quantitative estimate of drug-likeness (QED) is 0.374. The van der Waals surface area contributed by atoms with Gasteiger partial charge in [0.2, 0.25) is 0 Å². The molecule has 4 atom stereocenters. The standard InChI is InChI=1S/C12H18O8/c1-6(14)11(19-8(3)16)12(20-9(4)17)10(5-13)18-7(2)15/h5-6,10-12,14H,1-4H3/t6-,10+,11-,12+/m1/s1. The third-order valence-electron chi connectivity index (χ3n) is 2.16. The number of carbonyl (C=O) groups is 4. The summed E-state index contributed by atoms with van der Waals surface area (Å²) in [4.78, 5) is 44.0. The van der Waals surface area contributed by atoms with Gasteiger partial charge in [0.15, 0.2) is 24.6 Å². The van der Waals surface area contributed by atoms with Gasteiger partial charge in [-0.1, -0.05) is 0 Å². The van der Waals surface area contributed by atoms with Crippen molar-refractivity contribution in [2.75, 3.05) is 0 Å². The number of hydrogen-bond donors (Lipinski definition) is 1. The highest BCUT2D eigenvalue weighted by molar-refractivity contribution is 5.72. The first-order valence-electron chi connectivity index (χ1n) is 5.84. The normalized spacial score (nSPS) is 16.2. The number of aliphatic hydroxyl groups is 1. The van der Waals surface area contributed by atoms with Crippen molar-refractivity contribution in [3.63, 3.8) is 0 Å². The van der Waals surface area contributed by atoms with E-state index in [1.807, 2.05) is 0 Å². The number of rotatable bonds is 7. The minimum Gasteiger partial charge on any atom is -0.456 e. The summed E-state index contributed by atoms with van der Waals surface area (Å²) in [5.41, 5.74) is 0. The Balaban J connectivity index is 5.33. The van der Waals surface area contributed by atoms with Gasteiger partial charge in [-0.15, -0.1) is 0 Å². The Morgan fingerprint density at radius 1 is 0.900 bits per heavy atom. The van der Waals surface area contributed by atoms with Gasteiger partial charge in [0, 0.05) is 20.8 Å². The lowest BCUT2D eigenvalue weighted by molar-refractivity contribution is -0.190. The van der Waals surface area contributed by atoms with E-state index in [1.165, 1.54) is 6.92 Å². The second kappa shape index (κ2) is 8.26. The maximum atomic E-state index is 11.1. The van der Waals surface area contributed by atoms with Crippen LogP contribution >= 0.6 is 0 Å². The number of ether oxygens (including phenoxy) is 3. The van der Waals surface area contributed by atoms with Crippen LogP contribution in [0.3, 0.4) is 0 Å². The first kappa shape index (κ1) is 18.0. The van der Waals surface area contributed by atoms with E-state index in [9.17, 15) is 24.3 Å². The molecule has 0 aromatic rings. The molecule has 0 saturated heterocycles. The third kappa shape index (κ3) is 6.28. The van der Waals surface area contributed by atoms with Crippen LogP contribution in [-0.4, -0.2) is 53.7 Å². The Morgan fingerprint density at radius 3 is 1.60 bits per heavy atom. The van der Waals surface area contributed by atoms with Gasteiger partial charge in [-0.2, -0.15) is 0 Å². The summed E-state index contributed by atoms with van der Waals surface area (Å²) in [6.07, 6.45) is -5.28. The van der Waals surface area contributed by atoms with Gasteiger partial charge in [0.1, 0.15) is 0 Å². The molecule has 0 aliphatic carbocycles. The maximum Gasteiger partial charge on any atom is 0.303 e. The van der Waals surface area contributed by atoms with Crippen LogP contribution in [0, 0.1) is 0 Å². The topological polar surface area (TPSA) is 116 Å². The molecule has 8 nitrogen and oxygen atoms in total. The minimum atomic E-state index is -1.49. The molecule has 20 heavy (non-hydrogen) atoms. The molecule has 114 valence electrons. The minimum absolute atomic E-state index is 0.230. The fourth-order valence-corrected chi connectivity index (χ4v) is 1.51. The molecule has 0 aliphatic rings. The molecule has 0 aromatic heterocycles. The van der Waals surface area contributed by atoms with Crippen LogP contribution in [0.4, 0.5) is 0 Å². The predicted molar refractivity (Wildman–Crippen MR) is 64.4 cm³/mol. The van der Waals surface area contributed by atoms with Crippen LogP contribution < -0.4 is 0 Å². The number of esters is 3. The highest BCUT2D eigenvalue weighted by atomic mass is 16.6. The molecule has 0 bridgehead atoms. The van der Waals surface area contributed by atoms with E-state index >= 15 is 0 Å². The summed E-state index contributed by atoms with van der Waals surface area (Å²) in [7, 11) is 0. The zero-order valence-corrected chi connectivity index (χ0v) is 11.7. The SMILES string of the molecule is CC(=O)O[C@H]([C@H](OC(C)=O)[C@@H](C)O)[C@H](C=O)OC(C)=O. The summed E-state index contributed by atoms with van der Waals surface area (Å²) in [5.74, 6) is -2.32. The van der Waals surface area contributed by atoms with E-state index in [2.05, 4.69) is 4.74 Å². The van der Waals surface area contributed by atoms with Crippen LogP contribution in [0.25, 0.3) is 0 Å². The van der Waals surface area contributed by atoms with Crippen molar-refractivity contribution in [1.82, 2.24) is 0 Å². The number of aliphatic hydroxyl groups excluding tert-OH is 1. The molecule has 0 rings (SSSR count). The van der Waals surface area contributed by atoms with E-state index in [4.69, 9.17) is 9.47 Å². The smallest absolute Gasteiger partial charge is 0.303 e. The fourth-order valence-electron chi connectivity index (χ4n) is 1.51. The summed E-state index contributed by atoms with van der Waals surface area (Å²) in [6.45, 7) is 4.49. The Kier molecular flexibility index (Phi) is 7.45. The van der Waals surface area contributed by atoms with Crippen LogP contribution in [0.15, 0.2) is 0 Å². The molecule has 0 radical (unpaired) electrons. The van der Waals surface area contributed by atoms with Crippen molar-refractivity contribution in [3.05, 3.63) is 0 Å². The van der Waals surface area contributed by atoms with Gasteiger partial charge in [-0.3, -0.25) is 19.2 Å². The van der Waals surface area contributed by atoms with Crippen LogP contribution in [0.5, 0.6) is 0 Å². The molecular weight excluding hydrogens is 272 g/mol. The van der Waals surface area contributed by atoms with Gasteiger partial charge in [0.05, 0.1) is 6.10 Å². The fraction of sp³-hybridized carbons (Fsp3) is 0.667. The molecule has 0 saturated carbocycles. The second-order valence-corrected chi connectivity index (χ2v) is 4.10. The maximum absolute atomic E-state index is 11.1. The van der Waals surface area contributed by atoms with Crippen molar-refractivity contribution >= 4 is 24.2 Å². The molecule has 1 N–H and O–H groups in total. The first-order chi connectivity index (χ1) is 9.18. The lowest BCUT2D eigenvalue weighted by Crippen LogP contribution is -2.50. The van der Waals surface area contributed by atoms with E-state index in [0.717, 1.165) is 20.8 Å². The monoisotopic (exact) mass is 290 g/mol. The lowest BCUT2D eigenvalue weighted by Gasteiger charge is -2.30. The molecule has 0 amide bonds. The van der Waals surface area contributed by atoms with Crippen LogP contribution in [0.1, 0.15) is 27.7 Å². The Labute approximate surface area is 116 Å². The molecule has 0 fully saturated rings. The van der Waals surface area contributed by atoms with Gasteiger partial charge >= 0.3 is 17.9 Å². The van der Waals surface area contributed by atoms with Gasteiger partial charge < -0.3 is 19.3 Å². The third-order valence-corrected chi connectivity index (χ3v) is 2.16. The second-order valence-electron chi connectivity index (χ2n) is 4.10. The molecule has 0 heterocycles. The lowest BCUT2D eigenvalue weighted by atomic mass is 10.0. The van der Waals surface area contributed by atoms with Crippen molar-refractivity contribution in [3.8, 4) is 0 Å². The number of hydrogen-bond acceptors (Lipinski definition) is 8. The molecular formula is C12H18O8. The first-order valence-corrected chi connectivity index (χ1v) is 5.84. The molecule has 0 unspecified atom stereocenters. The zero-order chi connectivity index (χ0) is 15.9. The molecule has 0 aromatic carbocycles. The zero-order valence-electron chi connectivity index (χ0n) is 11.7. The van der Waals surface area contributed by atoms with Gasteiger partial charge in [0.25, 0.3) is 0 Å². The largest absolute Gasteiger partial charge is 0.456 e. The molecule has 0 aliphatic heterocycles. The highest BCUT2D eigenvalue weighted by Crippen LogP contribution is 2.16. The van der Waals surface area contributed by atoms with E-state index in [-0.39, 0.29) is 6.29 Å². The summed E-state index contributed by atoms with van der Waals surface area (Å²) in [5, 5.41) is 9.60. The van der Waals surface area contributed by atoms with E-state index in [0.29, 0.717) is 0 Å². The summed E-state index contributed by atoms with van der Waals surface area (Å²) in [6, 6.07) is 0.